The van der Waals surface area contributed by atoms with Crippen molar-refractivity contribution in [3.05, 3.63) is 34.3 Å². The summed E-state index contributed by atoms with van der Waals surface area (Å²) in [6, 6.07) is 7.08. The van der Waals surface area contributed by atoms with Crippen LogP contribution in [0, 0.1) is 5.92 Å². The van der Waals surface area contributed by atoms with Gasteiger partial charge in [0.05, 0.1) is 11.0 Å². The molecule has 0 aromatic heterocycles. The fourth-order valence-electron chi connectivity index (χ4n) is 1.71. The molecule has 0 saturated heterocycles. The number of carbonyl (C=O) groups is 1. The minimum Gasteiger partial charge on any atom is -0.392 e. The summed E-state index contributed by atoms with van der Waals surface area (Å²) < 4.78 is 0.878. The van der Waals surface area contributed by atoms with E-state index in [1.807, 2.05) is 12.1 Å². The first-order valence-corrected chi connectivity index (χ1v) is 6.64. The van der Waals surface area contributed by atoms with Gasteiger partial charge in [0, 0.05) is 10.0 Å². The van der Waals surface area contributed by atoms with E-state index in [0.717, 1.165) is 17.3 Å². The second kappa shape index (κ2) is 5.14. The number of hydrogen-bond donors (Lipinski definition) is 2. The molecule has 0 spiro atoms. The highest BCUT2D eigenvalue weighted by Crippen LogP contribution is 2.32. The molecule has 90 valence electrons. The molecule has 1 atom stereocenters. The molecule has 1 aromatic rings. The summed E-state index contributed by atoms with van der Waals surface area (Å²) >= 11 is 8.32. The smallest absolute Gasteiger partial charge is 0.251 e. The highest BCUT2D eigenvalue weighted by atomic mass is 79.9. The third-order valence-electron chi connectivity index (χ3n) is 2.77. The number of rotatable bonds is 4. The second-order valence-corrected chi connectivity index (χ2v) is 5.59. The Morgan fingerprint density at radius 2 is 2.24 bits per heavy atom. The number of nitrogens with one attached hydrogen (secondary N) is 1. The predicted molar refractivity (Wildman–Crippen MR) is 74.9 cm³/mol. The Hall–Kier alpha value is -0.940. The zero-order valence-corrected chi connectivity index (χ0v) is 11.6. The fraction of sp³-hybridized carbons (Fsp3) is 0.333. The van der Waals surface area contributed by atoms with E-state index in [-0.39, 0.29) is 11.9 Å². The van der Waals surface area contributed by atoms with Crippen molar-refractivity contribution in [2.45, 2.75) is 18.9 Å². The van der Waals surface area contributed by atoms with Gasteiger partial charge in [0.2, 0.25) is 0 Å². The Morgan fingerprint density at radius 3 is 2.76 bits per heavy atom. The molecule has 0 bridgehead atoms. The molecule has 1 aliphatic carbocycles. The molecule has 0 radical (unpaired) electrons. The summed E-state index contributed by atoms with van der Waals surface area (Å²) in [6.07, 6.45) is 2.17. The van der Waals surface area contributed by atoms with Crippen molar-refractivity contribution in [3.8, 4) is 0 Å². The van der Waals surface area contributed by atoms with E-state index >= 15 is 0 Å². The van der Waals surface area contributed by atoms with Crippen molar-refractivity contribution < 1.29 is 4.79 Å². The van der Waals surface area contributed by atoms with Crippen molar-refractivity contribution in [2.75, 3.05) is 0 Å². The minimum absolute atomic E-state index is 0.129. The van der Waals surface area contributed by atoms with Crippen LogP contribution in [0.3, 0.4) is 0 Å². The molecule has 0 aliphatic heterocycles. The van der Waals surface area contributed by atoms with Crippen molar-refractivity contribution in [1.29, 1.82) is 0 Å². The van der Waals surface area contributed by atoms with Gasteiger partial charge in [-0.05, 0) is 37.0 Å². The van der Waals surface area contributed by atoms with Crippen LogP contribution in [-0.4, -0.2) is 16.9 Å². The van der Waals surface area contributed by atoms with Crippen LogP contribution in [0.1, 0.15) is 23.2 Å². The largest absolute Gasteiger partial charge is 0.392 e. The molecule has 3 nitrogen and oxygen atoms in total. The third kappa shape index (κ3) is 3.26. The van der Waals surface area contributed by atoms with Gasteiger partial charge in [-0.2, -0.15) is 0 Å². The van der Waals surface area contributed by atoms with E-state index in [4.69, 9.17) is 18.0 Å². The fourth-order valence-corrected chi connectivity index (χ4v) is 2.36. The first kappa shape index (κ1) is 12.5. The molecule has 0 heterocycles. The maximum atomic E-state index is 12.0. The van der Waals surface area contributed by atoms with Crippen molar-refractivity contribution in [1.82, 2.24) is 5.32 Å². The van der Waals surface area contributed by atoms with Gasteiger partial charge < -0.3 is 11.1 Å². The van der Waals surface area contributed by atoms with Crippen molar-refractivity contribution >= 4 is 39.0 Å². The Morgan fingerprint density at radius 1 is 1.53 bits per heavy atom. The molecule has 1 aromatic carbocycles. The molecule has 17 heavy (non-hydrogen) atoms. The van der Waals surface area contributed by atoms with E-state index < -0.39 is 0 Å². The number of nitrogens with two attached hydrogens (primary N) is 1. The van der Waals surface area contributed by atoms with Crippen LogP contribution < -0.4 is 11.1 Å². The number of benzene rings is 1. The first-order chi connectivity index (χ1) is 8.08. The Kier molecular flexibility index (Phi) is 3.79. The Labute approximate surface area is 114 Å². The third-order valence-corrected chi connectivity index (χ3v) is 3.52. The lowest BCUT2D eigenvalue weighted by Gasteiger charge is -2.16. The summed E-state index contributed by atoms with van der Waals surface area (Å²) in [4.78, 5) is 12.4. The maximum absolute atomic E-state index is 12.0. The van der Waals surface area contributed by atoms with Crippen molar-refractivity contribution in [3.63, 3.8) is 0 Å². The number of carbonyl (C=O) groups excluding carboxylic acids is 1. The van der Waals surface area contributed by atoms with Gasteiger partial charge in [0.1, 0.15) is 0 Å². The summed E-state index contributed by atoms with van der Waals surface area (Å²) in [6.45, 7) is 0. The van der Waals surface area contributed by atoms with E-state index in [0.29, 0.717) is 16.5 Å². The molecule has 1 amide bonds. The highest BCUT2D eigenvalue weighted by molar-refractivity contribution is 9.10. The van der Waals surface area contributed by atoms with Gasteiger partial charge in [-0.1, -0.05) is 34.2 Å². The van der Waals surface area contributed by atoms with Crippen molar-refractivity contribution in [2.24, 2.45) is 11.7 Å². The zero-order chi connectivity index (χ0) is 12.4. The SMILES string of the molecule is NC(=S)C(NC(=O)c1cccc(Br)c1)C1CC1. The average Bonchev–Trinajstić information content (AvgIpc) is 3.09. The van der Waals surface area contributed by atoms with E-state index in [9.17, 15) is 4.79 Å². The standard InChI is InChI=1S/C12H13BrN2OS/c13-9-3-1-2-8(6-9)12(16)15-10(11(14)17)7-4-5-7/h1-3,6-7,10H,4-5H2,(H2,14,17)(H,15,16). The zero-order valence-electron chi connectivity index (χ0n) is 9.15. The van der Waals surface area contributed by atoms with Gasteiger partial charge in [0.15, 0.2) is 0 Å². The van der Waals surface area contributed by atoms with Gasteiger partial charge in [-0.25, -0.2) is 0 Å². The van der Waals surface area contributed by atoms with Gasteiger partial charge in [-0.3, -0.25) is 4.79 Å². The number of thiocarbonyl (C=S) groups is 1. The molecule has 1 saturated carbocycles. The van der Waals surface area contributed by atoms with Crippen LogP contribution in [0.15, 0.2) is 28.7 Å². The molecule has 5 heteroatoms. The Bertz CT molecular complexity index is 460. The van der Waals surface area contributed by atoms with Crippen LogP contribution in [0.2, 0.25) is 0 Å². The quantitative estimate of drug-likeness (QED) is 0.838. The molecule has 3 N–H and O–H groups in total. The summed E-state index contributed by atoms with van der Waals surface area (Å²) in [5, 5.41) is 2.90. The van der Waals surface area contributed by atoms with Crippen LogP contribution in [0.4, 0.5) is 0 Å². The topological polar surface area (TPSA) is 55.1 Å². The molecule has 1 aliphatic rings. The lowest BCUT2D eigenvalue weighted by Crippen LogP contribution is -2.45. The summed E-state index contributed by atoms with van der Waals surface area (Å²) in [5.41, 5.74) is 6.25. The second-order valence-electron chi connectivity index (χ2n) is 4.20. The lowest BCUT2D eigenvalue weighted by molar-refractivity contribution is 0.0943. The number of hydrogen-bond acceptors (Lipinski definition) is 2. The summed E-state index contributed by atoms with van der Waals surface area (Å²) in [7, 11) is 0. The molecular weight excluding hydrogens is 300 g/mol. The number of halogens is 1. The predicted octanol–water partition coefficient (Wildman–Crippen LogP) is 2.24. The average molecular weight is 313 g/mol. The van der Waals surface area contributed by atoms with Gasteiger partial charge in [0.25, 0.3) is 5.91 Å². The highest BCUT2D eigenvalue weighted by Gasteiger charge is 2.34. The van der Waals surface area contributed by atoms with E-state index in [1.54, 1.807) is 12.1 Å². The number of amides is 1. The van der Waals surface area contributed by atoms with Gasteiger partial charge >= 0.3 is 0 Å². The first-order valence-electron chi connectivity index (χ1n) is 5.43. The molecule has 1 unspecified atom stereocenters. The van der Waals surface area contributed by atoms with E-state index in [2.05, 4.69) is 21.2 Å². The minimum atomic E-state index is -0.170. The molecular formula is C12H13BrN2OS. The summed E-state index contributed by atoms with van der Waals surface area (Å²) in [5.74, 6) is 0.291. The normalized spacial score (nSPS) is 16.3. The Balaban J connectivity index is 2.07. The van der Waals surface area contributed by atoms with Gasteiger partial charge in [-0.15, -0.1) is 0 Å². The molecule has 2 rings (SSSR count). The van der Waals surface area contributed by atoms with E-state index in [1.165, 1.54) is 0 Å². The van der Waals surface area contributed by atoms with Crippen LogP contribution in [-0.2, 0) is 0 Å². The molecule has 1 fully saturated rings. The lowest BCUT2D eigenvalue weighted by atomic mass is 10.1. The monoisotopic (exact) mass is 312 g/mol. The van der Waals surface area contributed by atoms with Crippen LogP contribution in [0.25, 0.3) is 0 Å². The van der Waals surface area contributed by atoms with Crippen LogP contribution >= 0.6 is 28.1 Å². The van der Waals surface area contributed by atoms with Crippen LogP contribution in [0.5, 0.6) is 0 Å². The maximum Gasteiger partial charge on any atom is 0.251 e.